The molecule has 9 nitrogen and oxygen atoms in total. The first-order chi connectivity index (χ1) is 17.6. The topological polar surface area (TPSA) is 122 Å². The minimum atomic E-state index is -4.10. The van der Waals surface area contributed by atoms with Crippen molar-refractivity contribution in [1.82, 2.24) is 9.03 Å². The largest absolute Gasteiger partial charge is 0.377 e. The Kier molecular flexibility index (Phi) is 9.02. The molecule has 202 valence electrons. The van der Waals surface area contributed by atoms with Crippen LogP contribution in [0.3, 0.4) is 0 Å². The highest BCUT2D eigenvalue weighted by Gasteiger charge is 2.32. The van der Waals surface area contributed by atoms with Gasteiger partial charge in [-0.15, -0.1) is 0 Å². The summed E-state index contributed by atoms with van der Waals surface area (Å²) >= 11 is 0. The number of nitrogens with one attached hydrogen (secondary N) is 2. The molecule has 0 spiro atoms. The summed E-state index contributed by atoms with van der Waals surface area (Å²) in [4.78, 5) is 12.7. The summed E-state index contributed by atoms with van der Waals surface area (Å²) in [5.74, 6) is -0.227. The molecule has 1 heterocycles. The molecule has 11 heteroatoms. The van der Waals surface area contributed by atoms with E-state index >= 15 is 0 Å². The predicted octanol–water partition coefficient (Wildman–Crippen LogP) is 3.35. The molecule has 37 heavy (non-hydrogen) atoms. The molecule has 2 aliphatic rings. The molecule has 2 aromatic rings. The zero-order chi connectivity index (χ0) is 26.5. The molecule has 1 saturated heterocycles. The van der Waals surface area contributed by atoms with Gasteiger partial charge in [0.1, 0.15) is 0 Å². The summed E-state index contributed by atoms with van der Waals surface area (Å²) in [6, 6.07) is 13.8. The fourth-order valence-electron chi connectivity index (χ4n) is 4.84. The van der Waals surface area contributed by atoms with Crippen LogP contribution in [0, 0.1) is 5.92 Å². The average molecular weight is 550 g/mol. The van der Waals surface area contributed by atoms with Crippen LogP contribution >= 0.6 is 0 Å². The van der Waals surface area contributed by atoms with E-state index in [9.17, 15) is 21.6 Å². The molecule has 0 radical (unpaired) electrons. The van der Waals surface area contributed by atoms with E-state index in [1.807, 2.05) is 13.0 Å². The number of sulfonamides is 2. The van der Waals surface area contributed by atoms with Gasteiger partial charge in [0.05, 0.1) is 22.4 Å². The van der Waals surface area contributed by atoms with Crippen LogP contribution in [0.25, 0.3) is 0 Å². The van der Waals surface area contributed by atoms with E-state index in [1.165, 1.54) is 24.3 Å². The zero-order valence-corrected chi connectivity index (χ0v) is 22.6. The van der Waals surface area contributed by atoms with Crippen molar-refractivity contribution in [2.45, 2.75) is 67.4 Å². The summed E-state index contributed by atoms with van der Waals surface area (Å²) < 4.78 is 62.5. The van der Waals surface area contributed by atoms with Gasteiger partial charge in [-0.2, -0.15) is 4.31 Å². The summed E-state index contributed by atoms with van der Waals surface area (Å²) in [6.45, 7) is 2.23. The van der Waals surface area contributed by atoms with Gasteiger partial charge in [0.15, 0.2) is 0 Å². The van der Waals surface area contributed by atoms with Crippen LogP contribution < -0.4 is 10.0 Å². The number of para-hydroxylation sites is 1. The van der Waals surface area contributed by atoms with Crippen LogP contribution in [0.2, 0.25) is 0 Å². The first-order valence-electron chi connectivity index (χ1n) is 12.7. The van der Waals surface area contributed by atoms with Crippen LogP contribution in [-0.4, -0.2) is 58.9 Å². The molecule has 2 fully saturated rings. The van der Waals surface area contributed by atoms with E-state index < -0.39 is 32.5 Å². The molecule has 1 aliphatic heterocycles. The third-order valence-corrected chi connectivity index (χ3v) is 10.3. The Balaban J connectivity index is 1.51. The lowest BCUT2D eigenvalue weighted by atomic mass is 9.87. The number of benzene rings is 2. The molecule has 0 bridgehead atoms. The lowest BCUT2D eigenvalue weighted by Crippen LogP contribution is -2.42. The number of amides is 1. The van der Waals surface area contributed by atoms with Crippen molar-refractivity contribution in [3.05, 3.63) is 54.6 Å². The van der Waals surface area contributed by atoms with Gasteiger partial charge in [-0.25, -0.2) is 21.6 Å². The quantitative estimate of drug-likeness (QED) is 0.469. The highest BCUT2D eigenvalue weighted by molar-refractivity contribution is 7.89. The normalized spacial score (nSPS) is 22.7. The second kappa shape index (κ2) is 12.0. The lowest BCUT2D eigenvalue weighted by molar-refractivity contribution is -0.116. The van der Waals surface area contributed by atoms with Gasteiger partial charge in [-0.05, 0) is 68.0 Å². The highest BCUT2D eigenvalue weighted by atomic mass is 32.2. The summed E-state index contributed by atoms with van der Waals surface area (Å²) in [5.41, 5.74) is 0.566. The Labute approximate surface area is 219 Å². The van der Waals surface area contributed by atoms with E-state index in [0.717, 1.165) is 36.4 Å². The maximum atomic E-state index is 13.6. The molecular formula is C26H35N3O6S2. The van der Waals surface area contributed by atoms with Crippen molar-refractivity contribution in [3.8, 4) is 0 Å². The van der Waals surface area contributed by atoms with E-state index in [0.29, 0.717) is 18.7 Å². The zero-order valence-electron chi connectivity index (χ0n) is 21.0. The standard InChI is InChI=1S/C26H35N3O6S2/c1-20-8-5-6-12-25(20)28-36(31,32)23-13-15-24(16-14-23)37(33,34)29(18-22-11-7-17-35-22)19-26(30)27-21-9-3-2-4-10-21/h2-4,9-10,13-16,20,22,25,28H,5-8,11-12,17-19H2,1H3,(H,27,30)/t20-,22-,25-/m1/s1. The second-order valence-corrected chi connectivity index (χ2v) is 13.5. The Morgan fingerprint density at radius 1 is 0.919 bits per heavy atom. The number of nitrogens with zero attached hydrogens (tertiary/aromatic N) is 1. The Morgan fingerprint density at radius 3 is 2.24 bits per heavy atom. The van der Waals surface area contributed by atoms with E-state index in [1.54, 1.807) is 24.3 Å². The predicted molar refractivity (Wildman–Crippen MR) is 141 cm³/mol. The smallest absolute Gasteiger partial charge is 0.243 e. The summed E-state index contributed by atoms with van der Waals surface area (Å²) in [6.07, 6.45) is 5.06. The van der Waals surface area contributed by atoms with Crippen LogP contribution in [0.15, 0.2) is 64.4 Å². The number of ether oxygens (including phenoxy) is 1. The second-order valence-electron chi connectivity index (χ2n) is 9.81. The van der Waals surface area contributed by atoms with E-state index in [2.05, 4.69) is 10.0 Å². The Bertz CT molecular complexity index is 1260. The lowest BCUT2D eigenvalue weighted by Gasteiger charge is -2.29. The van der Waals surface area contributed by atoms with Crippen LogP contribution in [0.4, 0.5) is 5.69 Å². The first kappa shape index (κ1) is 27.7. The minimum Gasteiger partial charge on any atom is -0.377 e. The molecule has 4 rings (SSSR count). The number of carbonyl (C=O) groups excluding carboxylic acids is 1. The Hall–Kier alpha value is -2.31. The number of carbonyl (C=O) groups is 1. The molecule has 2 N–H and O–H groups in total. The molecule has 1 saturated carbocycles. The molecule has 2 aromatic carbocycles. The van der Waals surface area contributed by atoms with Crippen LogP contribution in [0.1, 0.15) is 45.4 Å². The third kappa shape index (κ3) is 7.17. The maximum Gasteiger partial charge on any atom is 0.243 e. The number of anilines is 1. The van der Waals surface area contributed by atoms with Crippen molar-refractivity contribution in [1.29, 1.82) is 0 Å². The van der Waals surface area contributed by atoms with Crippen molar-refractivity contribution in [2.75, 3.05) is 25.0 Å². The van der Waals surface area contributed by atoms with Crippen LogP contribution in [0.5, 0.6) is 0 Å². The van der Waals surface area contributed by atoms with Crippen molar-refractivity contribution < 1.29 is 26.4 Å². The summed E-state index contributed by atoms with van der Waals surface area (Å²) in [5, 5.41) is 2.72. The molecule has 1 aliphatic carbocycles. The van der Waals surface area contributed by atoms with E-state index in [4.69, 9.17) is 4.74 Å². The van der Waals surface area contributed by atoms with Gasteiger partial charge >= 0.3 is 0 Å². The van der Waals surface area contributed by atoms with Gasteiger partial charge in [-0.1, -0.05) is 38.0 Å². The number of hydrogen-bond donors (Lipinski definition) is 2. The van der Waals surface area contributed by atoms with Crippen molar-refractivity contribution >= 4 is 31.6 Å². The first-order valence-corrected chi connectivity index (χ1v) is 15.7. The van der Waals surface area contributed by atoms with Crippen molar-refractivity contribution in [3.63, 3.8) is 0 Å². The molecule has 1 amide bonds. The van der Waals surface area contributed by atoms with Gasteiger partial charge in [0, 0.05) is 24.9 Å². The van der Waals surface area contributed by atoms with Gasteiger partial charge in [0.25, 0.3) is 0 Å². The summed E-state index contributed by atoms with van der Waals surface area (Å²) in [7, 11) is -7.89. The van der Waals surface area contributed by atoms with Gasteiger partial charge < -0.3 is 10.1 Å². The van der Waals surface area contributed by atoms with Gasteiger partial charge in [0.2, 0.25) is 26.0 Å². The fourth-order valence-corrected chi connectivity index (χ4v) is 7.65. The molecule has 3 atom stereocenters. The number of rotatable bonds is 10. The average Bonchev–Trinajstić information content (AvgIpc) is 3.39. The minimum absolute atomic E-state index is 0.0109. The monoisotopic (exact) mass is 549 g/mol. The van der Waals surface area contributed by atoms with Crippen molar-refractivity contribution in [2.24, 2.45) is 5.92 Å². The van der Waals surface area contributed by atoms with Gasteiger partial charge in [-0.3, -0.25) is 4.79 Å². The molecular weight excluding hydrogens is 514 g/mol. The molecule has 0 aromatic heterocycles. The SMILES string of the molecule is C[C@@H]1CCCC[C@H]1NS(=O)(=O)c1ccc(S(=O)(=O)N(CC(=O)Nc2ccccc2)C[C@H]2CCCO2)cc1. The fraction of sp³-hybridized carbons (Fsp3) is 0.500. The number of hydrogen-bond acceptors (Lipinski definition) is 6. The molecule has 0 unspecified atom stereocenters. The Morgan fingerprint density at radius 2 is 1.59 bits per heavy atom. The van der Waals surface area contributed by atoms with Crippen LogP contribution in [-0.2, 0) is 29.6 Å². The van der Waals surface area contributed by atoms with E-state index in [-0.39, 0.29) is 34.4 Å². The maximum absolute atomic E-state index is 13.6. The third-order valence-electron chi connectivity index (χ3n) is 7.00. The highest BCUT2D eigenvalue weighted by Crippen LogP contribution is 2.26.